The minimum Gasteiger partial charge on any atom is -0.494 e. The molecule has 2 nitrogen and oxygen atoms in total. The Hall–Kier alpha value is -1.20. The zero-order chi connectivity index (χ0) is 10.2. The van der Waals surface area contributed by atoms with E-state index in [-0.39, 0.29) is 0 Å². The quantitative estimate of drug-likeness (QED) is 0.697. The fraction of sp³-hybridized carbons (Fsp3) is 0.364. The van der Waals surface area contributed by atoms with Gasteiger partial charge in [0, 0.05) is 11.4 Å². The predicted octanol–water partition coefficient (Wildman–Crippen LogP) is 3.41. The average molecular weight is 210 g/mol. The highest BCUT2D eigenvalue weighted by atomic mass is 35.5. The van der Waals surface area contributed by atoms with Gasteiger partial charge in [0.2, 0.25) is 0 Å². The number of halogens is 1. The summed E-state index contributed by atoms with van der Waals surface area (Å²) in [6.45, 7) is 0.656. The van der Waals surface area contributed by atoms with E-state index in [1.807, 2.05) is 12.1 Å². The second-order valence-electron chi connectivity index (χ2n) is 2.92. The molecular weight excluding hydrogens is 198 g/mol. The van der Waals surface area contributed by atoms with Crippen molar-refractivity contribution in [2.45, 2.75) is 19.3 Å². The molecule has 0 radical (unpaired) electrons. The van der Waals surface area contributed by atoms with Crippen LogP contribution >= 0.6 is 11.6 Å². The van der Waals surface area contributed by atoms with Crippen molar-refractivity contribution in [2.24, 2.45) is 0 Å². The van der Waals surface area contributed by atoms with Gasteiger partial charge in [-0.1, -0.05) is 11.6 Å². The van der Waals surface area contributed by atoms with Gasteiger partial charge in [-0.05, 0) is 37.1 Å². The van der Waals surface area contributed by atoms with Gasteiger partial charge in [-0.3, -0.25) is 0 Å². The molecule has 0 saturated heterocycles. The van der Waals surface area contributed by atoms with E-state index in [0.717, 1.165) is 18.6 Å². The average Bonchev–Trinajstić information content (AvgIpc) is 2.21. The van der Waals surface area contributed by atoms with Crippen LogP contribution in [0.15, 0.2) is 24.3 Å². The number of nitriles is 1. The van der Waals surface area contributed by atoms with Gasteiger partial charge in [-0.15, -0.1) is 0 Å². The first kappa shape index (κ1) is 10.9. The van der Waals surface area contributed by atoms with Crippen LogP contribution in [-0.4, -0.2) is 6.61 Å². The fourth-order valence-corrected chi connectivity index (χ4v) is 1.15. The van der Waals surface area contributed by atoms with Crippen molar-refractivity contribution < 1.29 is 4.74 Å². The Labute approximate surface area is 89.1 Å². The van der Waals surface area contributed by atoms with Gasteiger partial charge in [-0.2, -0.15) is 5.26 Å². The standard InChI is InChI=1S/C11H12ClNO/c12-10-4-6-11(7-5-10)14-9-3-1-2-8-13/h4-7H,1-3,9H2. The summed E-state index contributed by atoms with van der Waals surface area (Å²) in [5, 5.41) is 9.02. The van der Waals surface area contributed by atoms with Crippen molar-refractivity contribution in [1.29, 1.82) is 5.26 Å². The van der Waals surface area contributed by atoms with Crippen LogP contribution < -0.4 is 4.74 Å². The Morgan fingerprint density at radius 3 is 2.57 bits per heavy atom. The molecule has 0 N–H and O–H groups in total. The molecule has 1 rings (SSSR count). The summed E-state index contributed by atoms with van der Waals surface area (Å²) in [5.74, 6) is 0.825. The van der Waals surface area contributed by atoms with Crippen LogP contribution in [-0.2, 0) is 0 Å². The van der Waals surface area contributed by atoms with Crippen molar-refractivity contribution in [3.8, 4) is 11.8 Å². The Morgan fingerprint density at radius 1 is 1.21 bits per heavy atom. The molecule has 0 spiro atoms. The smallest absolute Gasteiger partial charge is 0.119 e. The molecule has 0 atom stereocenters. The summed E-state index contributed by atoms with van der Waals surface area (Å²) in [6, 6.07) is 9.38. The van der Waals surface area contributed by atoms with Crippen molar-refractivity contribution >= 4 is 11.6 Å². The molecule has 0 aliphatic heterocycles. The minimum atomic E-state index is 0.601. The second kappa shape index (κ2) is 6.28. The summed E-state index contributed by atoms with van der Waals surface area (Å²) in [6.07, 6.45) is 2.41. The van der Waals surface area contributed by atoms with Gasteiger partial charge >= 0.3 is 0 Å². The summed E-state index contributed by atoms with van der Waals surface area (Å²) in [5.41, 5.74) is 0. The third-order valence-electron chi connectivity index (χ3n) is 1.77. The Balaban J connectivity index is 2.19. The van der Waals surface area contributed by atoms with Crippen LogP contribution in [0.25, 0.3) is 0 Å². The highest BCUT2D eigenvalue weighted by Crippen LogP contribution is 2.15. The first-order chi connectivity index (χ1) is 6.83. The Morgan fingerprint density at radius 2 is 1.93 bits per heavy atom. The van der Waals surface area contributed by atoms with Gasteiger partial charge in [0.25, 0.3) is 0 Å². The van der Waals surface area contributed by atoms with Gasteiger partial charge in [0.1, 0.15) is 5.75 Å². The molecule has 0 amide bonds. The molecular formula is C11H12ClNO. The zero-order valence-electron chi connectivity index (χ0n) is 7.87. The molecule has 3 heteroatoms. The molecule has 0 aliphatic rings. The third kappa shape index (κ3) is 4.15. The molecule has 1 aromatic rings. The number of hydrogen-bond acceptors (Lipinski definition) is 2. The fourth-order valence-electron chi connectivity index (χ4n) is 1.03. The van der Waals surface area contributed by atoms with Gasteiger partial charge in [0.15, 0.2) is 0 Å². The maximum Gasteiger partial charge on any atom is 0.119 e. The van der Waals surface area contributed by atoms with E-state index in [0.29, 0.717) is 18.1 Å². The third-order valence-corrected chi connectivity index (χ3v) is 2.02. The monoisotopic (exact) mass is 209 g/mol. The van der Waals surface area contributed by atoms with Crippen molar-refractivity contribution in [2.75, 3.05) is 6.61 Å². The van der Waals surface area contributed by atoms with Gasteiger partial charge in [-0.25, -0.2) is 0 Å². The number of benzene rings is 1. The van der Waals surface area contributed by atoms with E-state index in [4.69, 9.17) is 21.6 Å². The second-order valence-corrected chi connectivity index (χ2v) is 3.35. The lowest BCUT2D eigenvalue weighted by Gasteiger charge is -2.04. The molecule has 14 heavy (non-hydrogen) atoms. The lowest BCUT2D eigenvalue weighted by Crippen LogP contribution is -1.96. The van der Waals surface area contributed by atoms with E-state index in [9.17, 15) is 0 Å². The van der Waals surface area contributed by atoms with Crippen LogP contribution in [0.4, 0.5) is 0 Å². The van der Waals surface area contributed by atoms with E-state index in [2.05, 4.69) is 6.07 Å². The summed E-state index contributed by atoms with van der Waals surface area (Å²) >= 11 is 5.72. The van der Waals surface area contributed by atoms with Gasteiger partial charge in [0.05, 0.1) is 12.7 Å². The topological polar surface area (TPSA) is 33.0 Å². The molecule has 0 unspecified atom stereocenters. The Kier molecular flexibility index (Phi) is 4.88. The highest BCUT2D eigenvalue weighted by Gasteiger charge is 1.93. The SMILES string of the molecule is N#CCCCCOc1ccc(Cl)cc1. The molecule has 0 fully saturated rings. The number of unbranched alkanes of at least 4 members (excludes halogenated alkanes) is 2. The highest BCUT2D eigenvalue weighted by molar-refractivity contribution is 6.30. The largest absolute Gasteiger partial charge is 0.494 e. The molecule has 0 aliphatic carbocycles. The molecule has 0 saturated carbocycles. The van der Waals surface area contributed by atoms with Gasteiger partial charge < -0.3 is 4.74 Å². The lowest BCUT2D eigenvalue weighted by molar-refractivity contribution is 0.307. The van der Waals surface area contributed by atoms with Crippen LogP contribution in [0.2, 0.25) is 5.02 Å². The molecule has 1 aromatic carbocycles. The number of rotatable bonds is 5. The number of hydrogen-bond donors (Lipinski definition) is 0. The van der Waals surface area contributed by atoms with Crippen LogP contribution in [0.5, 0.6) is 5.75 Å². The molecule has 74 valence electrons. The van der Waals surface area contributed by atoms with Crippen LogP contribution in [0.3, 0.4) is 0 Å². The first-order valence-corrected chi connectivity index (χ1v) is 4.96. The summed E-state index contributed by atoms with van der Waals surface area (Å²) < 4.78 is 5.44. The predicted molar refractivity (Wildman–Crippen MR) is 56.4 cm³/mol. The van der Waals surface area contributed by atoms with E-state index >= 15 is 0 Å². The van der Waals surface area contributed by atoms with E-state index < -0.39 is 0 Å². The number of ether oxygens (including phenoxy) is 1. The Bertz CT molecular complexity index is 302. The molecule has 0 bridgehead atoms. The van der Waals surface area contributed by atoms with Crippen LogP contribution in [0.1, 0.15) is 19.3 Å². The van der Waals surface area contributed by atoms with Crippen LogP contribution in [0, 0.1) is 11.3 Å². The molecule has 0 heterocycles. The first-order valence-electron chi connectivity index (χ1n) is 4.58. The zero-order valence-corrected chi connectivity index (χ0v) is 8.63. The van der Waals surface area contributed by atoms with E-state index in [1.54, 1.807) is 12.1 Å². The summed E-state index contributed by atoms with van der Waals surface area (Å²) in [7, 11) is 0. The van der Waals surface area contributed by atoms with Crippen molar-refractivity contribution in [3.63, 3.8) is 0 Å². The van der Waals surface area contributed by atoms with Crippen molar-refractivity contribution in [3.05, 3.63) is 29.3 Å². The maximum absolute atomic E-state index is 8.31. The van der Waals surface area contributed by atoms with E-state index in [1.165, 1.54) is 0 Å². The lowest BCUT2D eigenvalue weighted by atomic mass is 10.2. The normalized spacial score (nSPS) is 9.43. The maximum atomic E-state index is 8.31. The summed E-state index contributed by atoms with van der Waals surface area (Å²) in [4.78, 5) is 0. The molecule has 0 aromatic heterocycles. The number of nitrogens with zero attached hydrogens (tertiary/aromatic N) is 1. The minimum absolute atomic E-state index is 0.601. The van der Waals surface area contributed by atoms with Crippen molar-refractivity contribution in [1.82, 2.24) is 0 Å².